The van der Waals surface area contributed by atoms with Crippen molar-refractivity contribution >= 4 is 24.8 Å². The highest BCUT2D eigenvalue weighted by Crippen LogP contribution is 2.33. The Balaban J connectivity index is 0.00000200. The highest BCUT2D eigenvalue weighted by molar-refractivity contribution is 5.85. The lowest BCUT2D eigenvalue weighted by atomic mass is 10.1. The minimum absolute atomic E-state index is 0. The van der Waals surface area contributed by atoms with Crippen LogP contribution in [0.25, 0.3) is 0 Å². The van der Waals surface area contributed by atoms with Gasteiger partial charge in [0.05, 0.1) is 18.2 Å². The predicted molar refractivity (Wildman–Crippen MR) is 81.3 cm³/mol. The summed E-state index contributed by atoms with van der Waals surface area (Å²) in [6.07, 6.45) is -5.02. The fourth-order valence-corrected chi connectivity index (χ4v) is 2.38. The van der Waals surface area contributed by atoms with E-state index in [-0.39, 0.29) is 24.8 Å². The summed E-state index contributed by atoms with van der Waals surface area (Å²) < 4.78 is 38.3. The molecule has 0 aliphatic carbocycles. The standard InChI is InChI=1S/C13H18F3N3.2ClH/c1-10-3-2-4-11(18-10)12(9-13(14,15)16)19-7-5-17-6-8-19;;/h2-4,12,17H,5-9H2,1H3;2*1H/t12-;;/m0../s1. The van der Waals surface area contributed by atoms with Gasteiger partial charge in [-0.15, -0.1) is 24.8 Å². The van der Waals surface area contributed by atoms with Crippen LogP contribution in [0.1, 0.15) is 23.9 Å². The monoisotopic (exact) mass is 345 g/mol. The van der Waals surface area contributed by atoms with E-state index in [2.05, 4.69) is 10.3 Å². The average molecular weight is 346 g/mol. The molecule has 1 N–H and O–H groups in total. The number of pyridine rings is 1. The van der Waals surface area contributed by atoms with Crippen molar-refractivity contribution in [2.75, 3.05) is 26.2 Å². The van der Waals surface area contributed by atoms with Crippen LogP contribution in [0.15, 0.2) is 18.2 Å². The lowest BCUT2D eigenvalue weighted by molar-refractivity contribution is -0.149. The second-order valence-electron chi connectivity index (χ2n) is 4.82. The molecule has 0 unspecified atom stereocenters. The number of rotatable bonds is 3. The van der Waals surface area contributed by atoms with Crippen LogP contribution < -0.4 is 5.32 Å². The third kappa shape index (κ3) is 6.38. The molecular weight excluding hydrogens is 326 g/mol. The van der Waals surface area contributed by atoms with Crippen LogP contribution in [0.2, 0.25) is 0 Å². The van der Waals surface area contributed by atoms with Gasteiger partial charge in [0.25, 0.3) is 0 Å². The Kier molecular flexibility index (Phi) is 8.54. The lowest BCUT2D eigenvalue weighted by Gasteiger charge is -2.35. The molecule has 0 saturated carbocycles. The molecule has 1 aromatic rings. The van der Waals surface area contributed by atoms with Gasteiger partial charge in [0.2, 0.25) is 0 Å². The van der Waals surface area contributed by atoms with Crippen LogP contribution in [-0.4, -0.2) is 42.2 Å². The maximum Gasteiger partial charge on any atom is 0.391 e. The Morgan fingerprint density at radius 1 is 1.24 bits per heavy atom. The van der Waals surface area contributed by atoms with Crippen molar-refractivity contribution in [1.82, 2.24) is 15.2 Å². The number of halogens is 5. The van der Waals surface area contributed by atoms with Crippen molar-refractivity contribution in [2.24, 2.45) is 0 Å². The quantitative estimate of drug-likeness (QED) is 0.912. The molecule has 1 atom stereocenters. The highest BCUT2D eigenvalue weighted by atomic mass is 35.5. The van der Waals surface area contributed by atoms with Crippen molar-refractivity contribution in [3.05, 3.63) is 29.6 Å². The van der Waals surface area contributed by atoms with Gasteiger partial charge in [0.1, 0.15) is 0 Å². The summed E-state index contributed by atoms with van der Waals surface area (Å²) in [5.74, 6) is 0. The van der Waals surface area contributed by atoms with Crippen LogP contribution in [0.4, 0.5) is 13.2 Å². The van der Waals surface area contributed by atoms with E-state index in [4.69, 9.17) is 0 Å². The van der Waals surface area contributed by atoms with Crippen LogP contribution in [0.5, 0.6) is 0 Å². The van der Waals surface area contributed by atoms with Crippen molar-refractivity contribution in [1.29, 1.82) is 0 Å². The van der Waals surface area contributed by atoms with Crippen LogP contribution >= 0.6 is 24.8 Å². The van der Waals surface area contributed by atoms with Gasteiger partial charge in [-0.05, 0) is 19.1 Å². The SMILES string of the molecule is Cc1cccc([C@H](CC(F)(F)F)N2CCNCC2)n1.Cl.Cl. The first-order chi connectivity index (χ1) is 8.96. The van der Waals surface area contributed by atoms with Gasteiger partial charge in [-0.25, -0.2) is 0 Å². The fraction of sp³-hybridized carbons (Fsp3) is 0.615. The maximum atomic E-state index is 12.8. The maximum absolute atomic E-state index is 12.8. The van der Waals surface area contributed by atoms with Gasteiger partial charge in [0, 0.05) is 31.9 Å². The zero-order chi connectivity index (χ0) is 13.9. The fourth-order valence-electron chi connectivity index (χ4n) is 2.38. The van der Waals surface area contributed by atoms with Gasteiger partial charge in [0.15, 0.2) is 0 Å². The Hall–Kier alpha value is -0.560. The van der Waals surface area contributed by atoms with E-state index < -0.39 is 18.6 Å². The lowest BCUT2D eigenvalue weighted by Crippen LogP contribution is -2.46. The zero-order valence-electron chi connectivity index (χ0n) is 11.7. The molecule has 3 nitrogen and oxygen atoms in total. The van der Waals surface area contributed by atoms with Crippen LogP contribution in [0, 0.1) is 6.92 Å². The van der Waals surface area contributed by atoms with Gasteiger partial charge >= 0.3 is 6.18 Å². The molecule has 1 aliphatic heterocycles. The number of nitrogens with zero attached hydrogens (tertiary/aromatic N) is 2. The van der Waals surface area contributed by atoms with E-state index >= 15 is 0 Å². The number of nitrogens with one attached hydrogen (secondary N) is 1. The van der Waals surface area contributed by atoms with E-state index in [0.717, 1.165) is 18.8 Å². The molecule has 0 bridgehead atoms. The van der Waals surface area contributed by atoms with Gasteiger partial charge in [-0.2, -0.15) is 13.2 Å². The summed E-state index contributed by atoms with van der Waals surface area (Å²) >= 11 is 0. The zero-order valence-corrected chi connectivity index (χ0v) is 13.3. The molecule has 1 saturated heterocycles. The Labute approximate surface area is 135 Å². The minimum Gasteiger partial charge on any atom is -0.314 e. The molecule has 0 spiro atoms. The molecule has 0 amide bonds. The summed E-state index contributed by atoms with van der Waals surface area (Å²) in [6, 6.07) is 4.57. The molecule has 0 aromatic carbocycles. The molecule has 2 rings (SSSR count). The summed E-state index contributed by atoms with van der Waals surface area (Å²) in [6.45, 7) is 4.49. The number of aromatic nitrogens is 1. The van der Waals surface area contributed by atoms with Gasteiger partial charge in [-0.1, -0.05) is 6.07 Å². The van der Waals surface area contributed by atoms with E-state index in [1.807, 2.05) is 4.90 Å². The Morgan fingerprint density at radius 3 is 2.38 bits per heavy atom. The number of hydrogen-bond donors (Lipinski definition) is 1. The molecule has 1 fully saturated rings. The second-order valence-corrected chi connectivity index (χ2v) is 4.82. The molecule has 2 heterocycles. The summed E-state index contributed by atoms with van der Waals surface area (Å²) in [4.78, 5) is 6.14. The third-order valence-electron chi connectivity index (χ3n) is 3.27. The second kappa shape index (κ2) is 8.78. The predicted octanol–water partition coefficient (Wildman–Crippen LogP) is 3.13. The summed E-state index contributed by atoms with van der Waals surface area (Å²) in [5.41, 5.74) is 1.26. The molecule has 122 valence electrons. The van der Waals surface area contributed by atoms with Crippen molar-refractivity contribution in [3.63, 3.8) is 0 Å². The van der Waals surface area contributed by atoms with E-state index in [1.165, 1.54) is 0 Å². The number of piperazine rings is 1. The molecule has 1 aliphatic rings. The molecule has 0 radical (unpaired) electrons. The molecule has 21 heavy (non-hydrogen) atoms. The molecule has 1 aromatic heterocycles. The first-order valence-electron chi connectivity index (χ1n) is 6.41. The first-order valence-corrected chi connectivity index (χ1v) is 6.41. The summed E-state index contributed by atoms with van der Waals surface area (Å²) in [7, 11) is 0. The van der Waals surface area contributed by atoms with Crippen molar-refractivity contribution in [2.45, 2.75) is 25.6 Å². The Morgan fingerprint density at radius 2 is 1.86 bits per heavy atom. The van der Waals surface area contributed by atoms with Gasteiger partial charge < -0.3 is 5.32 Å². The van der Waals surface area contributed by atoms with Crippen molar-refractivity contribution in [3.8, 4) is 0 Å². The van der Waals surface area contributed by atoms with E-state index in [0.29, 0.717) is 18.8 Å². The largest absolute Gasteiger partial charge is 0.391 e. The third-order valence-corrected chi connectivity index (χ3v) is 3.27. The Bertz CT molecular complexity index is 423. The molecule has 8 heteroatoms. The minimum atomic E-state index is -4.18. The van der Waals surface area contributed by atoms with Crippen LogP contribution in [-0.2, 0) is 0 Å². The van der Waals surface area contributed by atoms with Crippen molar-refractivity contribution < 1.29 is 13.2 Å². The highest BCUT2D eigenvalue weighted by Gasteiger charge is 2.36. The number of alkyl halides is 3. The van der Waals surface area contributed by atoms with Crippen LogP contribution in [0.3, 0.4) is 0 Å². The number of aryl methyl sites for hydroxylation is 1. The normalized spacial score (nSPS) is 17.5. The number of hydrogen-bond acceptors (Lipinski definition) is 3. The first kappa shape index (κ1) is 20.4. The topological polar surface area (TPSA) is 28.2 Å². The smallest absolute Gasteiger partial charge is 0.314 e. The average Bonchev–Trinajstić information content (AvgIpc) is 2.36. The summed E-state index contributed by atoms with van der Waals surface area (Å²) in [5, 5.41) is 3.15. The van der Waals surface area contributed by atoms with E-state index in [1.54, 1.807) is 25.1 Å². The molecular formula is C13H20Cl2F3N3. The van der Waals surface area contributed by atoms with Gasteiger partial charge in [-0.3, -0.25) is 9.88 Å². The van der Waals surface area contributed by atoms with E-state index in [9.17, 15) is 13.2 Å².